The van der Waals surface area contributed by atoms with Crippen LogP contribution >= 0.6 is 23.4 Å². The van der Waals surface area contributed by atoms with Gasteiger partial charge in [-0.1, -0.05) is 25.4 Å². The van der Waals surface area contributed by atoms with Crippen LogP contribution in [0.5, 0.6) is 0 Å². The molecule has 0 aliphatic carbocycles. The highest BCUT2D eigenvalue weighted by molar-refractivity contribution is 7.99. The van der Waals surface area contributed by atoms with Gasteiger partial charge in [-0.25, -0.2) is 0 Å². The fraction of sp³-hybridized carbons (Fsp3) is 0.533. The molecule has 1 saturated heterocycles. The fourth-order valence-electron chi connectivity index (χ4n) is 2.52. The molecule has 110 valence electrons. The summed E-state index contributed by atoms with van der Waals surface area (Å²) in [6, 6.07) is 7.91. The van der Waals surface area contributed by atoms with Crippen LogP contribution in [-0.2, 0) is 4.79 Å². The van der Waals surface area contributed by atoms with Crippen molar-refractivity contribution in [2.75, 3.05) is 25.4 Å². The zero-order valence-corrected chi connectivity index (χ0v) is 13.5. The van der Waals surface area contributed by atoms with Crippen molar-refractivity contribution in [3.63, 3.8) is 0 Å². The summed E-state index contributed by atoms with van der Waals surface area (Å²) in [5, 5.41) is 3.72. The summed E-state index contributed by atoms with van der Waals surface area (Å²) < 4.78 is 0. The van der Waals surface area contributed by atoms with Gasteiger partial charge in [0, 0.05) is 35.3 Å². The monoisotopic (exact) mass is 312 g/mol. The molecule has 20 heavy (non-hydrogen) atoms. The van der Waals surface area contributed by atoms with Crippen LogP contribution in [0.2, 0.25) is 5.02 Å². The molecular weight excluding hydrogens is 292 g/mol. The first-order valence-corrected chi connectivity index (χ1v) is 8.34. The molecule has 1 aliphatic rings. The van der Waals surface area contributed by atoms with E-state index < -0.39 is 0 Å². The first-order chi connectivity index (χ1) is 9.58. The van der Waals surface area contributed by atoms with Crippen LogP contribution in [0, 0.1) is 5.92 Å². The second-order valence-electron chi connectivity index (χ2n) is 5.32. The molecule has 0 aromatic heterocycles. The summed E-state index contributed by atoms with van der Waals surface area (Å²) in [5.74, 6) is 1.50. The average molecular weight is 313 g/mol. The van der Waals surface area contributed by atoms with Gasteiger partial charge in [0.25, 0.3) is 0 Å². The predicted molar refractivity (Wildman–Crippen MR) is 85.4 cm³/mol. The van der Waals surface area contributed by atoms with E-state index in [0.29, 0.717) is 5.92 Å². The SMILES string of the molecule is CC(C)C1C(=O)NCCN1CCSc1ccc(Cl)cc1. The van der Waals surface area contributed by atoms with Crippen molar-refractivity contribution in [3.05, 3.63) is 29.3 Å². The molecule has 0 radical (unpaired) electrons. The molecule has 1 aliphatic heterocycles. The molecule has 0 saturated carbocycles. The Bertz CT molecular complexity index is 450. The molecule has 1 amide bonds. The van der Waals surface area contributed by atoms with Gasteiger partial charge in [-0.15, -0.1) is 11.8 Å². The number of rotatable bonds is 5. The van der Waals surface area contributed by atoms with Crippen LogP contribution in [0.4, 0.5) is 0 Å². The average Bonchev–Trinajstić information content (AvgIpc) is 2.40. The number of hydrogen-bond acceptors (Lipinski definition) is 3. The predicted octanol–water partition coefficient (Wildman–Crippen LogP) is 2.89. The Balaban J connectivity index is 1.85. The smallest absolute Gasteiger partial charge is 0.237 e. The van der Waals surface area contributed by atoms with E-state index >= 15 is 0 Å². The maximum Gasteiger partial charge on any atom is 0.237 e. The van der Waals surface area contributed by atoms with E-state index in [-0.39, 0.29) is 11.9 Å². The first kappa shape index (κ1) is 15.7. The van der Waals surface area contributed by atoms with Crippen LogP contribution < -0.4 is 5.32 Å². The molecule has 1 N–H and O–H groups in total. The zero-order chi connectivity index (χ0) is 14.5. The number of amides is 1. The number of thioether (sulfide) groups is 1. The highest BCUT2D eigenvalue weighted by Crippen LogP contribution is 2.21. The lowest BCUT2D eigenvalue weighted by Gasteiger charge is -2.37. The zero-order valence-electron chi connectivity index (χ0n) is 11.9. The number of carbonyl (C=O) groups is 1. The summed E-state index contributed by atoms with van der Waals surface area (Å²) in [6.45, 7) is 6.84. The maximum absolute atomic E-state index is 11.9. The van der Waals surface area contributed by atoms with E-state index in [2.05, 4.69) is 24.1 Å². The number of nitrogens with zero attached hydrogens (tertiary/aromatic N) is 1. The summed E-state index contributed by atoms with van der Waals surface area (Å²) in [7, 11) is 0. The van der Waals surface area contributed by atoms with Gasteiger partial charge >= 0.3 is 0 Å². The summed E-state index contributed by atoms with van der Waals surface area (Å²) in [5.41, 5.74) is 0. The Morgan fingerprint density at radius 1 is 1.40 bits per heavy atom. The van der Waals surface area contributed by atoms with Crippen molar-refractivity contribution in [2.24, 2.45) is 5.92 Å². The van der Waals surface area contributed by atoms with Crippen LogP contribution in [-0.4, -0.2) is 42.2 Å². The summed E-state index contributed by atoms with van der Waals surface area (Å²) >= 11 is 7.68. The minimum Gasteiger partial charge on any atom is -0.353 e. The van der Waals surface area contributed by atoms with E-state index in [0.717, 1.165) is 30.4 Å². The van der Waals surface area contributed by atoms with Gasteiger partial charge < -0.3 is 5.32 Å². The molecule has 3 nitrogen and oxygen atoms in total. The molecule has 1 fully saturated rings. The van der Waals surface area contributed by atoms with E-state index in [9.17, 15) is 4.79 Å². The van der Waals surface area contributed by atoms with Crippen molar-refractivity contribution >= 4 is 29.3 Å². The van der Waals surface area contributed by atoms with Crippen LogP contribution in [0.3, 0.4) is 0 Å². The molecule has 5 heteroatoms. The van der Waals surface area contributed by atoms with Crippen molar-refractivity contribution < 1.29 is 4.79 Å². The Labute approximate surface area is 130 Å². The van der Waals surface area contributed by atoms with Crippen molar-refractivity contribution in [3.8, 4) is 0 Å². The largest absolute Gasteiger partial charge is 0.353 e. The second kappa shape index (κ2) is 7.34. The lowest BCUT2D eigenvalue weighted by molar-refractivity contribution is -0.130. The second-order valence-corrected chi connectivity index (χ2v) is 6.92. The number of hydrogen-bond donors (Lipinski definition) is 1. The van der Waals surface area contributed by atoms with E-state index in [1.807, 2.05) is 24.3 Å². The van der Waals surface area contributed by atoms with Gasteiger partial charge in [-0.05, 0) is 30.2 Å². The molecule has 1 heterocycles. The number of nitrogens with one attached hydrogen (secondary N) is 1. The Kier molecular flexibility index (Phi) is 5.75. The number of halogens is 1. The van der Waals surface area contributed by atoms with Gasteiger partial charge in [-0.2, -0.15) is 0 Å². The fourth-order valence-corrected chi connectivity index (χ4v) is 3.54. The molecular formula is C15H21ClN2OS. The lowest BCUT2D eigenvalue weighted by atomic mass is 10.00. The number of piperazine rings is 1. The standard InChI is InChI=1S/C15H21ClN2OS/c1-11(2)14-15(19)17-7-8-18(14)9-10-20-13-5-3-12(16)4-6-13/h3-6,11,14H,7-10H2,1-2H3,(H,17,19). The lowest BCUT2D eigenvalue weighted by Crippen LogP contribution is -2.57. The molecule has 0 spiro atoms. The third-order valence-corrected chi connectivity index (χ3v) is 4.70. The van der Waals surface area contributed by atoms with E-state index in [1.165, 1.54) is 4.90 Å². The third-order valence-electron chi connectivity index (χ3n) is 3.45. The molecule has 1 atom stereocenters. The quantitative estimate of drug-likeness (QED) is 0.849. The van der Waals surface area contributed by atoms with Crippen LogP contribution in [0.25, 0.3) is 0 Å². The van der Waals surface area contributed by atoms with Gasteiger partial charge in [0.05, 0.1) is 6.04 Å². The van der Waals surface area contributed by atoms with Gasteiger partial charge in [0.1, 0.15) is 0 Å². The van der Waals surface area contributed by atoms with Crippen molar-refractivity contribution in [1.82, 2.24) is 10.2 Å². The van der Waals surface area contributed by atoms with E-state index in [4.69, 9.17) is 11.6 Å². The molecule has 1 unspecified atom stereocenters. The van der Waals surface area contributed by atoms with Gasteiger partial charge in [0.2, 0.25) is 5.91 Å². The summed E-state index contributed by atoms with van der Waals surface area (Å²) in [6.07, 6.45) is 0. The maximum atomic E-state index is 11.9. The highest BCUT2D eigenvalue weighted by atomic mass is 35.5. The third kappa shape index (κ3) is 4.14. The minimum atomic E-state index is 0.00886. The molecule has 2 rings (SSSR count). The number of benzene rings is 1. The van der Waals surface area contributed by atoms with Gasteiger partial charge in [-0.3, -0.25) is 9.69 Å². The molecule has 1 aromatic rings. The normalized spacial score (nSPS) is 20.2. The Hall–Kier alpha value is -0.710. The Morgan fingerprint density at radius 2 is 2.10 bits per heavy atom. The molecule has 1 aromatic carbocycles. The summed E-state index contributed by atoms with van der Waals surface area (Å²) in [4.78, 5) is 15.5. The van der Waals surface area contributed by atoms with Crippen LogP contribution in [0.1, 0.15) is 13.8 Å². The Morgan fingerprint density at radius 3 is 2.75 bits per heavy atom. The van der Waals surface area contributed by atoms with Crippen molar-refractivity contribution in [1.29, 1.82) is 0 Å². The highest BCUT2D eigenvalue weighted by Gasteiger charge is 2.31. The van der Waals surface area contributed by atoms with Crippen LogP contribution in [0.15, 0.2) is 29.2 Å². The van der Waals surface area contributed by atoms with E-state index in [1.54, 1.807) is 11.8 Å². The van der Waals surface area contributed by atoms with Gasteiger partial charge in [0.15, 0.2) is 0 Å². The molecule has 0 bridgehead atoms. The first-order valence-electron chi connectivity index (χ1n) is 6.98. The topological polar surface area (TPSA) is 32.3 Å². The number of carbonyl (C=O) groups excluding carboxylic acids is 1. The van der Waals surface area contributed by atoms with Crippen molar-refractivity contribution in [2.45, 2.75) is 24.8 Å². The minimum absolute atomic E-state index is 0.00886.